The zero-order valence-corrected chi connectivity index (χ0v) is 15.1. The van der Waals surface area contributed by atoms with E-state index in [1.54, 1.807) is 19.2 Å². The predicted octanol–water partition coefficient (Wildman–Crippen LogP) is 2.55. The van der Waals surface area contributed by atoms with Crippen molar-refractivity contribution in [1.82, 2.24) is 10.2 Å². The van der Waals surface area contributed by atoms with E-state index in [9.17, 15) is 4.79 Å². The van der Waals surface area contributed by atoms with Gasteiger partial charge in [-0.3, -0.25) is 4.79 Å². The van der Waals surface area contributed by atoms with Crippen LogP contribution < -0.4 is 10.1 Å². The van der Waals surface area contributed by atoms with Crippen LogP contribution in [-0.2, 0) is 4.74 Å². The number of hydrogen-bond acceptors (Lipinski definition) is 4. The van der Waals surface area contributed by atoms with Crippen LogP contribution in [0.5, 0.6) is 5.75 Å². The Kier molecular flexibility index (Phi) is 9.11. The first kappa shape index (κ1) is 18.9. The van der Waals surface area contributed by atoms with Gasteiger partial charge in [0.2, 0.25) is 0 Å². The molecule has 1 rings (SSSR count). The summed E-state index contributed by atoms with van der Waals surface area (Å²) in [5.74, 6) is 0.397. The summed E-state index contributed by atoms with van der Waals surface area (Å²) < 4.78 is 11.6. The van der Waals surface area contributed by atoms with E-state index in [1.807, 2.05) is 6.07 Å². The molecule has 6 heteroatoms. The first-order chi connectivity index (χ1) is 10.6. The Labute approximate surface area is 141 Å². The van der Waals surface area contributed by atoms with Crippen molar-refractivity contribution in [2.75, 3.05) is 46.5 Å². The smallest absolute Gasteiger partial charge is 0.255 e. The van der Waals surface area contributed by atoms with Crippen LogP contribution in [0.4, 0.5) is 0 Å². The lowest BCUT2D eigenvalue weighted by Gasteiger charge is -2.17. The number of nitrogens with one attached hydrogen (secondary N) is 1. The first-order valence-electron chi connectivity index (χ1n) is 7.54. The molecule has 0 saturated carbocycles. The average Bonchev–Trinajstić information content (AvgIpc) is 2.54. The van der Waals surface area contributed by atoms with E-state index in [-0.39, 0.29) is 5.91 Å². The lowest BCUT2D eigenvalue weighted by molar-refractivity contribution is 0.0882. The fourth-order valence-electron chi connectivity index (χ4n) is 2.03. The molecule has 22 heavy (non-hydrogen) atoms. The fraction of sp³-hybridized carbons (Fsp3) is 0.562. The van der Waals surface area contributed by atoms with Gasteiger partial charge in [0, 0.05) is 17.6 Å². The summed E-state index contributed by atoms with van der Waals surface area (Å²) in [6.45, 7) is 8.90. The number of methoxy groups -OCH3 is 1. The molecule has 1 amide bonds. The van der Waals surface area contributed by atoms with E-state index < -0.39 is 0 Å². The monoisotopic (exact) mass is 372 g/mol. The Morgan fingerprint density at radius 1 is 1.27 bits per heavy atom. The van der Waals surface area contributed by atoms with Gasteiger partial charge in [-0.15, -0.1) is 0 Å². The molecule has 0 spiro atoms. The van der Waals surface area contributed by atoms with Gasteiger partial charge in [0.15, 0.2) is 0 Å². The number of benzene rings is 1. The molecule has 5 nitrogen and oxygen atoms in total. The largest absolute Gasteiger partial charge is 0.496 e. The Bertz CT molecular complexity index is 465. The van der Waals surface area contributed by atoms with E-state index in [2.05, 4.69) is 40.0 Å². The lowest BCUT2D eigenvalue weighted by atomic mass is 10.2. The number of amides is 1. The van der Waals surface area contributed by atoms with Gasteiger partial charge < -0.3 is 19.7 Å². The normalized spacial score (nSPS) is 10.8. The number of halogens is 1. The van der Waals surface area contributed by atoms with Crippen molar-refractivity contribution in [2.45, 2.75) is 13.8 Å². The summed E-state index contributed by atoms with van der Waals surface area (Å²) in [5.41, 5.74) is 0.514. The summed E-state index contributed by atoms with van der Waals surface area (Å²) in [6, 6.07) is 5.35. The molecule has 124 valence electrons. The van der Waals surface area contributed by atoms with Crippen molar-refractivity contribution in [3.8, 4) is 5.75 Å². The van der Waals surface area contributed by atoms with Gasteiger partial charge in [0.1, 0.15) is 5.75 Å². The van der Waals surface area contributed by atoms with Gasteiger partial charge >= 0.3 is 0 Å². The van der Waals surface area contributed by atoms with Crippen molar-refractivity contribution in [2.24, 2.45) is 0 Å². The predicted molar refractivity (Wildman–Crippen MR) is 91.6 cm³/mol. The molecule has 0 heterocycles. The molecular weight excluding hydrogens is 348 g/mol. The number of nitrogens with zero attached hydrogens (tertiary/aromatic N) is 1. The second-order valence-electron chi connectivity index (χ2n) is 4.74. The molecule has 1 aromatic carbocycles. The highest BCUT2D eigenvalue weighted by Gasteiger charge is 2.12. The molecule has 0 atom stereocenters. The number of hydrogen-bond donors (Lipinski definition) is 1. The molecule has 0 saturated heterocycles. The third-order valence-electron chi connectivity index (χ3n) is 3.38. The summed E-state index contributed by atoms with van der Waals surface area (Å²) in [6.07, 6.45) is 0. The van der Waals surface area contributed by atoms with Crippen LogP contribution in [0.15, 0.2) is 22.7 Å². The minimum absolute atomic E-state index is 0.162. The SMILES string of the molecule is CCN(CC)CCOCCNC(=O)c1cc(Br)ccc1OC. The van der Waals surface area contributed by atoms with Gasteiger partial charge in [0.05, 0.1) is 25.9 Å². The first-order valence-corrected chi connectivity index (χ1v) is 8.33. The van der Waals surface area contributed by atoms with Crippen molar-refractivity contribution < 1.29 is 14.3 Å². The van der Waals surface area contributed by atoms with Crippen LogP contribution in [-0.4, -0.2) is 57.3 Å². The molecule has 0 radical (unpaired) electrons. The maximum Gasteiger partial charge on any atom is 0.255 e. The summed E-state index contributed by atoms with van der Waals surface area (Å²) in [5, 5.41) is 2.84. The van der Waals surface area contributed by atoms with E-state index in [1.165, 1.54) is 0 Å². The number of likely N-dealkylation sites (N-methyl/N-ethyl adjacent to an activating group) is 1. The Morgan fingerprint density at radius 3 is 2.64 bits per heavy atom. The average molecular weight is 373 g/mol. The van der Waals surface area contributed by atoms with E-state index in [0.717, 1.165) is 24.1 Å². The van der Waals surface area contributed by atoms with Crippen molar-refractivity contribution in [3.05, 3.63) is 28.2 Å². The molecule has 0 aliphatic carbocycles. The third-order valence-corrected chi connectivity index (χ3v) is 3.88. The highest BCUT2D eigenvalue weighted by atomic mass is 79.9. The van der Waals surface area contributed by atoms with Crippen molar-refractivity contribution in [1.29, 1.82) is 0 Å². The number of ether oxygens (including phenoxy) is 2. The minimum atomic E-state index is -0.162. The molecular formula is C16H25BrN2O3. The topological polar surface area (TPSA) is 50.8 Å². The van der Waals surface area contributed by atoms with Crippen molar-refractivity contribution >= 4 is 21.8 Å². The highest BCUT2D eigenvalue weighted by Crippen LogP contribution is 2.22. The Balaban J connectivity index is 2.31. The standard InChI is InChI=1S/C16H25BrN2O3/c1-4-19(5-2)9-11-22-10-8-18-16(20)14-12-13(17)6-7-15(14)21-3/h6-7,12H,4-5,8-11H2,1-3H3,(H,18,20). The van der Waals surface area contributed by atoms with E-state index in [4.69, 9.17) is 9.47 Å². The van der Waals surface area contributed by atoms with Gasteiger partial charge in [-0.2, -0.15) is 0 Å². The zero-order chi connectivity index (χ0) is 16.4. The molecule has 0 bridgehead atoms. The summed E-state index contributed by atoms with van der Waals surface area (Å²) in [7, 11) is 1.55. The van der Waals surface area contributed by atoms with Crippen LogP contribution in [0.1, 0.15) is 24.2 Å². The third kappa shape index (κ3) is 6.34. The maximum atomic E-state index is 12.1. The van der Waals surface area contributed by atoms with Gasteiger partial charge in [-0.25, -0.2) is 0 Å². The van der Waals surface area contributed by atoms with Crippen LogP contribution >= 0.6 is 15.9 Å². The van der Waals surface area contributed by atoms with Crippen LogP contribution in [0, 0.1) is 0 Å². The molecule has 0 aromatic heterocycles. The summed E-state index contributed by atoms with van der Waals surface area (Å²) >= 11 is 3.36. The van der Waals surface area contributed by atoms with Gasteiger partial charge in [-0.1, -0.05) is 29.8 Å². The lowest BCUT2D eigenvalue weighted by Crippen LogP contribution is -2.30. The second kappa shape index (κ2) is 10.6. The van der Waals surface area contributed by atoms with Crippen LogP contribution in [0.3, 0.4) is 0 Å². The van der Waals surface area contributed by atoms with E-state index >= 15 is 0 Å². The molecule has 0 fully saturated rings. The fourth-order valence-corrected chi connectivity index (χ4v) is 2.39. The minimum Gasteiger partial charge on any atom is -0.496 e. The number of rotatable bonds is 10. The second-order valence-corrected chi connectivity index (χ2v) is 5.66. The molecule has 1 N–H and O–H groups in total. The molecule has 0 unspecified atom stereocenters. The molecule has 1 aromatic rings. The van der Waals surface area contributed by atoms with E-state index in [0.29, 0.717) is 31.1 Å². The Hall–Kier alpha value is -1.11. The van der Waals surface area contributed by atoms with Crippen LogP contribution in [0.2, 0.25) is 0 Å². The highest BCUT2D eigenvalue weighted by molar-refractivity contribution is 9.10. The quantitative estimate of drug-likeness (QED) is 0.641. The number of carbonyl (C=O) groups is 1. The van der Waals surface area contributed by atoms with Crippen molar-refractivity contribution in [3.63, 3.8) is 0 Å². The number of carbonyl (C=O) groups excluding carboxylic acids is 1. The van der Waals surface area contributed by atoms with Gasteiger partial charge in [0.25, 0.3) is 5.91 Å². The molecule has 0 aliphatic heterocycles. The molecule has 0 aliphatic rings. The Morgan fingerprint density at radius 2 is 2.00 bits per heavy atom. The van der Waals surface area contributed by atoms with Crippen LogP contribution in [0.25, 0.3) is 0 Å². The zero-order valence-electron chi connectivity index (χ0n) is 13.5. The maximum absolute atomic E-state index is 12.1. The summed E-state index contributed by atoms with van der Waals surface area (Å²) in [4.78, 5) is 14.4. The van der Waals surface area contributed by atoms with Gasteiger partial charge in [-0.05, 0) is 31.3 Å².